The number of nitrogens with zero attached hydrogens (tertiary/aromatic N) is 1. The standard InChI is InChI=1S/C16H15FN2O3S3/c17-10-3-1-9(2-4-10)5-13-15(22)19(16(23)25-13)6-14(21)18-11-7-24-8-12(11)20/h1-5,11-12,20H,6-8H2,(H,18,21)/b13-5-/t11-,12+/m1/s1. The van der Waals surface area contributed by atoms with Crippen LogP contribution in [0.25, 0.3) is 6.08 Å². The number of aliphatic hydroxyl groups excluding tert-OH is 1. The Balaban J connectivity index is 1.64. The molecule has 3 rings (SSSR count). The van der Waals surface area contributed by atoms with Gasteiger partial charge in [0.1, 0.15) is 16.7 Å². The van der Waals surface area contributed by atoms with Crippen LogP contribution < -0.4 is 5.32 Å². The molecule has 2 aliphatic rings. The van der Waals surface area contributed by atoms with Gasteiger partial charge >= 0.3 is 0 Å². The number of carbonyl (C=O) groups excluding carboxylic acids is 2. The van der Waals surface area contributed by atoms with Gasteiger partial charge in [0.2, 0.25) is 5.91 Å². The van der Waals surface area contributed by atoms with Crippen molar-refractivity contribution in [3.05, 3.63) is 40.6 Å². The second kappa shape index (κ2) is 7.86. The van der Waals surface area contributed by atoms with Crippen LogP contribution in [0.3, 0.4) is 0 Å². The van der Waals surface area contributed by atoms with E-state index in [-0.39, 0.29) is 30.2 Å². The minimum absolute atomic E-state index is 0.181. The third-order valence-electron chi connectivity index (χ3n) is 3.74. The van der Waals surface area contributed by atoms with E-state index in [1.165, 1.54) is 17.0 Å². The van der Waals surface area contributed by atoms with Gasteiger partial charge in [-0.15, -0.1) is 0 Å². The molecule has 2 fully saturated rings. The number of nitrogens with one attached hydrogen (secondary N) is 1. The van der Waals surface area contributed by atoms with Crippen molar-refractivity contribution in [1.82, 2.24) is 10.2 Å². The Morgan fingerprint density at radius 3 is 2.76 bits per heavy atom. The van der Waals surface area contributed by atoms with Gasteiger partial charge in [-0.05, 0) is 23.8 Å². The van der Waals surface area contributed by atoms with E-state index in [0.717, 1.165) is 11.8 Å². The second-order valence-electron chi connectivity index (χ2n) is 5.60. The summed E-state index contributed by atoms with van der Waals surface area (Å²) < 4.78 is 13.3. The number of thiocarbonyl (C=S) groups is 1. The average Bonchev–Trinajstić information content (AvgIpc) is 3.08. The minimum Gasteiger partial charge on any atom is -0.390 e. The molecule has 25 heavy (non-hydrogen) atoms. The van der Waals surface area contributed by atoms with E-state index < -0.39 is 6.10 Å². The van der Waals surface area contributed by atoms with E-state index in [4.69, 9.17) is 12.2 Å². The molecule has 2 amide bonds. The molecule has 0 saturated carbocycles. The lowest BCUT2D eigenvalue weighted by molar-refractivity contribution is -0.129. The van der Waals surface area contributed by atoms with Crippen molar-refractivity contribution in [3.63, 3.8) is 0 Å². The van der Waals surface area contributed by atoms with Gasteiger partial charge < -0.3 is 10.4 Å². The quantitative estimate of drug-likeness (QED) is 0.593. The summed E-state index contributed by atoms with van der Waals surface area (Å²) in [5.74, 6) is 0.178. The van der Waals surface area contributed by atoms with Gasteiger partial charge in [0.25, 0.3) is 5.91 Å². The maximum Gasteiger partial charge on any atom is 0.266 e. The first-order valence-electron chi connectivity index (χ1n) is 7.50. The molecule has 0 unspecified atom stereocenters. The van der Waals surface area contributed by atoms with E-state index in [9.17, 15) is 19.1 Å². The number of hydrogen-bond acceptors (Lipinski definition) is 6. The Hall–Kier alpha value is -1.42. The van der Waals surface area contributed by atoms with Crippen molar-refractivity contribution in [2.45, 2.75) is 12.1 Å². The maximum atomic E-state index is 13.0. The molecule has 2 N–H and O–H groups in total. The summed E-state index contributed by atoms with van der Waals surface area (Å²) >= 11 is 7.87. The number of rotatable bonds is 4. The van der Waals surface area contributed by atoms with Crippen LogP contribution in [0.15, 0.2) is 29.2 Å². The first-order valence-corrected chi connectivity index (χ1v) is 9.88. The molecule has 0 aromatic heterocycles. The highest BCUT2D eigenvalue weighted by molar-refractivity contribution is 8.26. The fourth-order valence-electron chi connectivity index (χ4n) is 2.42. The highest BCUT2D eigenvalue weighted by atomic mass is 32.2. The Morgan fingerprint density at radius 1 is 1.40 bits per heavy atom. The summed E-state index contributed by atoms with van der Waals surface area (Å²) in [5.41, 5.74) is 0.678. The van der Waals surface area contributed by atoms with Crippen molar-refractivity contribution in [2.75, 3.05) is 18.1 Å². The van der Waals surface area contributed by atoms with Gasteiger partial charge in [-0.25, -0.2) is 4.39 Å². The highest BCUT2D eigenvalue weighted by Crippen LogP contribution is 2.32. The summed E-state index contributed by atoms with van der Waals surface area (Å²) in [6.07, 6.45) is 1.05. The predicted octanol–water partition coefficient (Wildman–Crippen LogP) is 1.62. The molecule has 2 heterocycles. The van der Waals surface area contributed by atoms with Gasteiger partial charge in [0, 0.05) is 11.5 Å². The zero-order valence-corrected chi connectivity index (χ0v) is 15.4. The topological polar surface area (TPSA) is 69.6 Å². The molecule has 1 aromatic carbocycles. The molecule has 0 aliphatic carbocycles. The lowest BCUT2D eigenvalue weighted by Crippen LogP contribution is -2.47. The van der Waals surface area contributed by atoms with Crippen LogP contribution in [0.5, 0.6) is 0 Å². The number of hydrogen-bond donors (Lipinski definition) is 2. The van der Waals surface area contributed by atoms with Crippen LogP contribution in [-0.2, 0) is 9.59 Å². The second-order valence-corrected chi connectivity index (χ2v) is 8.35. The zero-order chi connectivity index (χ0) is 18.0. The summed E-state index contributed by atoms with van der Waals surface area (Å²) in [6, 6.07) is 5.45. The number of benzene rings is 1. The molecule has 1 aromatic rings. The summed E-state index contributed by atoms with van der Waals surface area (Å²) in [4.78, 5) is 26.2. The summed E-state index contributed by atoms with van der Waals surface area (Å²) in [5, 5.41) is 12.5. The van der Waals surface area contributed by atoms with Crippen LogP contribution in [0.1, 0.15) is 5.56 Å². The Morgan fingerprint density at radius 2 is 2.12 bits per heavy atom. The van der Waals surface area contributed by atoms with E-state index in [0.29, 0.717) is 26.3 Å². The molecule has 0 radical (unpaired) electrons. The molecule has 5 nitrogen and oxygen atoms in total. The van der Waals surface area contributed by atoms with Crippen molar-refractivity contribution in [1.29, 1.82) is 0 Å². The van der Waals surface area contributed by atoms with Crippen LogP contribution in [0, 0.1) is 5.82 Å². The van der Waals surface area contributed by atoms with Crippen LogP contribution in [-0.4, -0.2) is 56.3 Å². The lowest BCUT2D eigenvalue weighted by Gasteiger charge is -2.18. The van der Waals surface area contributed by atoms with Gasteiger partial charge in [0.05, 0.1) is 17.1 Å². The van der Waals surface area contributed by atoms with Gasteiger partial charge in [-0.1, -0.05) is 36.1 Å². The van der Waals surface area contributed by atoms with Crippen LogP contribution >= 0.6 is 35.7 Å². The lowest BCUT2D eigenvalue weighted by atomic mass is 10.2. The molecular weight excluding hydrogens is 383 g/mol. The first-order chi connectivity index (χ1) is 11.9. The smallest absolute Gasteiger partial charge is 0.266 e. The predicted molar refractivity (Wildman–Crippen MR) is 102 cm³/mol. The molecule has 132 valence electrons. The summed E-state index contributed by atoms with van der Waals surface area (Å²) in [7, 11) is 0. The third-order valence-corrected chi connectivity index (χ3v) is 6.29. The third kappa shape index (κ3) is 4.41. The number of amides is 2. The van der Waals surface area contributed by atoms with E-state index in [1.807, 2.05) is 0 Å². The molecule has 2 saturated heterocycles. The van der Waals surface area contributed by atoms with Crippen molar-refractivity contribution in [3.8, 4) is 0 Å². The molecule has 0 bridgehead atoms. The van der Waals surface area contributed by atoms with Crippen molar-refractivity contribution in [2.24, 2.45) is 0 Å². The Kier molecular flexibility index (Phi) is 5.78. The zero-order valence-electron chi connectivity index (χ0n) is 13.0. The monoisotopic (exact) mass is 398 g/mol. The molecular formula is C16H15FN2O3S3. The number of aliphatic hydroxyl groups is 1. The first kappa shape index (κ1) is 18.4. The average molecular weight is 399 g/mol. The van der Waals surface area contributed by atoms with Gasteiger partial charge in [0.15, 0.2) is 0 Å². The Labute approximate surface area is 158 Å². The summed E-state index contributed by atoms with van der Waals surface area (Å²) in [6.45, 7) is -0.181. The maximum absolute atomic E-state index is 13.0. The van der Waals surface area contributed by atoms with E-state index >= 15 is 0 Å². The number of carbonyl (C=O) groups is 2. The van der Waals surface area contributed by atoms with E-state index in [2.05, 4.69) is 5.32 Å². The molecule has 2 atom stereocenters. The molecule has 0 spiro atoms. The van der Waals surface area contributed by atoms with Crippen LogP contribution in [0.4, 0.5) is 4.39 Å². The molecule has 9 heteroatoms. The number of halogens is 1. The van der Waals surface area contributed by atoms with E-state index in [1.54, 1.807) is 30.0 Å². The van der Waals surface area contributed by atoms with Crippen molar-refractivity contribution < 1.29 is 19.1 Å². The Bertz CT molecular complexity index is 739. The fourth-order valence-corrected chi connectivity index (χ4v) is 4.85. The fraction of sp³-hybridized carbons (Fsp3) is 0.312. The minimum atomic E-state index is -0.571. The van der Waals surface area contributed by atoms with Crippen LogP contribution in [0.2, 0.25) is 0 Å². The number of thioether (sulfide) groups is 2. The normalized spacial score (nSPS) is 25.0. The highest BCUT2D eigenvalue weighted by Gasteiger charge is 2.34. The molecule has 2 aliphatic heterocycles. The van der Waals surface area contributed by atoms with Crippen molar-refractivity contribution >= 4 is 58.0 Å². The largest absolute Gasteiger partial charge is 0.390 e. The van der Waals surface area contributed by atoms with Gasteiger partial charge in [-0.2, -0.15) is 11.8 Å². The van der Waals surface area contributed by atoms with Gasteiger partial charge in [-0.3, -0.25) is 14.5 Å². The SMILES string of the molecule is O=C(CN1C(=O)/C(=C/c2ccc(F)cc2)SC1=S)N[C@@H]1CSC[C@@H]1O.